The van der Waals surface area contributed by atoms with Crippen molar-refractivity contribution in [3.05, 3.63) is 131 Å². The van der Waals surface area contributed by atoms with Crippen LogP contribution >= 0.6 is 22.7 Å². The maximum Gasteiger partial charge on any atom is 0.259 e. The van der Waals surface area contributed by atoms with Gasteiger partial charge in [-0.2, -0.15) is 0 Å². The maximum absolute atomic E-state index is 16.0. The van der Waals surface area contributed by atoms with E-state index in [2.05, 4.69) is 161 Å². The number of benzene rings is 5. The zero-order chi connectivity index (χ0) is 56.2. The lowest BCUT2D eigenvalue weighted by molar-refractivity contribution is -0.114. The van der Waals surface area contributed by atoms with E-state index in [9.17, 15) is 0 Å². The number of hydrogen-bond donors (Lipinski definition) is 0. The topological polar surface area (TPSA) is 53.8 Å². The lowest BCUT2D eigenvalue weighted by atomic mass is 9.93. The fraction of sp³-hybridized carbons (Fsp3) is 0.459. The largest absolute Gasteiger partial charge is 0.455 e. The molecule has 3 aromatic heterocycles. The number of carbonyl (C=O) groups excluding carboxylic acids is 2. The Kier molecular flexibility index (Phi) is 20.2. The van der Waals surface area contributed by atoms with Crippen molar-refractivity contribution in [3.8, 4) is 32.9 Å². The first-order valence-corrected chi connectivity index (χ1v) is 33.5. The van der Waals surface area contributed by atoms with Gasteiger partial charge in [-0.25, -0.2) is 0 Å². The molecule has 2 amide bonds. The molecule has 2 aliphatic rings. The predicted molar refractivity (Wildman–Crippen MR) is 351 cm³/mol. The van der Waals surface area contributed by atoms with Crippen LogP contribution in [0.2, 0.25) is 0 Å². The Morgan fingerprint density at radius 1 is 0.457 bits per heavy atom. The molecule has 0 spiro atoms. The predicted octanol–water partition coefficient (Wildman–Crippen LogP) is 22.8. The molecule has 0 aliphatic carbocycles. The number of carbonyl (C=O) groups is 2. The van der Waals surface area contributed by atoms with E-state index in [0.717, 1.165) is 103 Å². The van der Waals surface area contributed by atoms with Gasteiger partial charge in [0, 0.05) is 61.3 Å². The van der Waals surface area contributed by atoms with Crippen LogP contribution < -0.4 is 9.80 Å². The molecule has 0 saturated heterocycles. The molecular formula is C74H90N2O3S2. The second-order valence-corrected chi connectivity index (χ2v) is 26.4. The van der Waals surface area contributed by atoms with Crippen LogP contribution in [0.15, 0.2) is 114 Å². The summed E-state index contributed by atoms with van der Waals surface area (Å²) < 4.78 is 9.63. The third-order valence-electron chi connectivity index (χ3n) is 17.8. The van der Waals surface area contributed by atoms with E-state index < -0.39 is 0 Å². The highest BCUT2D eigenvalue weighted by atomic mass is 32.1. The summed E-state index contributed by atoms with van der Waals surface area (Å²) in [5, 5.41) is 3.48. The third-order valence-corrected chi connectivity index (χ3v) is 20.2. The van der Waals surface area contributed by atoms with E-state index in [-0.39, 0.29) is 11.8 Å². The van der Waals surface area contributed by atoms with Crippen LogP contribution in [0, 0.1) is 25.7 Å². The molecule has 10 rings (SSSR count). The third kappa shape index (κ3) is 13.1. The van der Waals surface area contributed by atoms with Crippen LogP contribution in [0.1, 0.15) is 203 Å². The summed E-state index contributed by atoms with van der Waals surface area (Å²) in [6.07, 6.45) is 29.4. The highest BCUT2D eigenvalue weighted by molar-refractivity contribution is 7.29. The molecule has 0 fully saturated rings. The Hall–Kier alpha value is -5.76. The van der Waals surface area contributed by atoms with Crippen molar-refractivity contribution in [1.29, 1.82) is 0 Å². The molecule has 426 valence electrons. The minimum absolute atomic E-state index is 0.00601. The lowest BCUT2D eigenvalue weighted by Crippen LogP contribution is -2.34. The van der Waals surface area contributed by atoms with Gasteiger partial charge in [-0.15, -0.1) is 22.7 Å². The number of furan rings is 1. The van der Waals surface area contributed by atoms with Gasteiger partial charge in [0.2, 0.25) is 0 Å². The van der Waals surface area contributed by atoms with Gasteiger partial charge in [0.05, 0.1) is 31.9 Å². The van der Waals surface area contributed by atoms with Gasteiger partial charge in [0.15, 0.2) is 0 Å². The van der Waals surface area contributed by atoms with Gasteiger partial charge >= 0.3 is 0 Å². The van der Waals surface area contributed by atoms with E-state index in [4.69, 9.17) is 4.42 Å². The monoisotopic (exact) mass is 1120 g/mol. The highest BCUT2D eigenvalue weighted by Gasteiger charge is 2.43. The quantitative estimate of drug-likeness (QED) is 0.0321. The normalized spacial score (nSPS) is 15.1. The Morgan fingerprint density at radius 2 is 0.926 bits per heavy atom. The number of amides is 2. The number of nitrogens with zero attached hydrogens (tertiary/aromatic N) is 2. The molecule has 5 aromatic carbocycles. The summed E-state index contributed by atoms with van der Waals surface area (Å²) in [7, 11) is 0. The number of unbranched alkanes of at least 4 members (excludes halogenated alkanes) is 16. The summed E-state index contributed by atoms with van der Waals surface area (Å²) in [4.78, 5) is 38.3. The maximum atomic E-state index is 16.0. The number of aryl methyl sites for hydroxylation is 2. The number of anilines is 2. The van der Waals surface area contributed by atoms with Crippen molar-refractivity contribution < 1.29 is 14.0 Å². The number of thiophene rings is 2. The second-order valence-electron chi connectivity index (χ2n) is 24.1. The van der Waals surface area contributed by atoms with Crippen LogP contribution in [0.25, 0.3) is 75.2 Å². The molecule has 81 heavy (non-hydrogen) atoms. The fourth-order valence-electron chi connectivity index (χ4n) is 13.4. The molecular weight excluding hydrogens is 1030 g/mol. The zero-order valence-corrected chi connectivity index (χ0v) is 51.5. The average Bonchev–Trinajstić information content (AvgIpc) is 2.90. The van der Waals surface area contributed by atoms with Crippen molar-refractivity contribution >= 4 is 88.2 Å². The van der Waals surface area contributed by atoms with Gasteiger partial charge in [0.1, 0.15) is 11.3 Å². The minimum atomic E-state index is -0.0169. The van der Waals surface area contributed by atoms with Gasteiger partial charge in [-0.05, 0) is 92.3 Å². The molecule has 0 bridgehead atoms. The molecule has 0 radical (unpaired) electrons. The van der Waals surface area contributed by atoms with Crippen molar-refractivity contribution in [2.45, 2.75) is 196 Å². The first kappa shape index (κ1) is 58.4. The smallest absolute Gasteiger partial charge is 0.259 e. The van der Waals surface area contributed by atoms with Crippen LogP contribution in [0.4, 0.5) is 11.4 Å². The molecule has 2 unspecified atom stereocenters. The lowest BCUT2D eigenvalue weighted by Gasteiger charge is -2.25. The molecule has 8 aromatic rings. The molecule has 5 nitrogen and oxygen atoms in total. The highest BCUT2D eigenvalue weighted by Crippen LogP contribution is 2.54. The van der Waals surface area contributed by atoms with Crippen LogP contribution in [-0.2, 0) is 9.59 Å². The number of hydrogen-bond acceptors (Lipinski definition) is 5. The van der Waals surface area contributed by atoms with Gasteiger partial charge < -0.3 is 14.2 Å². The van der Waals surface area contributed by atoms with Crippen LogP contribution in [0.3, 0.4) is 0 Å². The Labute approximate surface area is 493 Å². The van der Waals surface area contributed by atoms with E-state index >= 15 is 9.59 Å². The fourth-order valence-corrected chi connectivity index (χ4v) is 15.7. The number of fused-ring (bicyclic) bond motifs is 8. The Bertz CT molecular complexity index is 3430. The van der Waals surface area contributed by atoms with E-state index in [0.29, 0.717) is 36.1 Å². The SMILES string of the molecule is CCCCCCCCC(CCCCCC)CN1C(=O)/C(=C2/C(=O)N(CC(CCCCCC)CCCCCCCC)c3cc(-c4cc5c(s4)c4sc(C)cc4c4oc(-c6ccccc6)c(-c6ccccc6)c54)ccc32)c2ccc(C)cc21. The standard InChI is InChI=1S/C74H90N2O3S2/c1-7-11-15-19-21-27-35-53(33-25-17-13-9-3)49-75-62-45-51(5)41-43-58(62)67(73(75)77)68-59-44-42-57(47-63(59)76(74(68)78)50-54(34-26-18-14-10-4)36-28-22-20-16-12-8-2)64-48-60-66-65(55-37-29-23-30-38-55)69(56-39-31-24-32-40-56)79-70(66)61-46-52(6)80-72(61)71(60)81-64/h23-24,29-32,37-48,53-54H,7-22,25-28,33-36,49-50H2,1-6H3/b68-67+. The van der Waals surface area contributed by atoms with Crippen molar-refractivity contribution in [3.63, 3.8) is 0 Å². The van der Waals surface area contributed by atoms with Crippen LogP contribution in [0.5, 0.6) is 0 Å². The molecule has 7 heteroatoms. The molecule has 2 atom stereocenters. The molecule has 2 aliphatic heterocycles. The first-order chi connectivity index (χ1) is 39.7. The van der Waals surface area contributed by atoms with Gasteiger partial charge in [-0.3, -0.25) is 9.59 Å². The van der Waals surface area contributed by atoms with Crippen molar-refractivity contribution in [1.82, 2.24) is 0 Å². The van der Waals surface area contributed by atoms with Crippen LogP contribution in [-0.4, -0.2) is 24.9 Å². The zero-order valence-electron chi connectivity index (χ0n) is 49.9. The minimum Gasteiger partial charge on any atom is -0.455 e. The summed E-state index contributed by atoms with van der Waals surface area (Å²) in [6.45, 7) is 14.8. The average molecular weight is 1120 g/mol. The van der Waals surface area contributed by atoms with Gasteiger partial charge in [0.25, 0.3) is 11.8 Å². The second kappa shape index (κ2) is 28.0. The summed E-state index contributed by atoms with van der Waals surface area (Å²) >= 11 is 3.69. The van der Waals surface area contributed by atoms with Gasteiger partial charge in [-0.1, -0.05) is 241 Å². The Morgan fingerprint density at radius 3 is 1.47 bits per heavy atom. The van der Waals surface area contributed by atoms with Crippen molar-refractivity contribution in [2.24, 2.45) is 11.8 Å². The summed E-state index contributed by atoms with van der Waals surface area (Å²) in [5.41, 5.74) is 11.3. The first-order valence-electron chi connectivity index (χ1n) is 31.9. The Balaban J connectivity index is 1.09. The summed E-state index contributed by atoms with van der Waals surface area (Å²) in [6, 6.07) is 39.2. The van der Waals surface area contributed by atoms with E-state index in [1.807, 2.05) is 22.7 Å². The molecule has 5 heterocycles. The number of rotatable bonds is 31. The summed E-state index contributed by atoms with van der Waals surface area (Å²) in [5.74, 6) is 1.64. The van der Waals surface area contributed by atoms with Crippen molar-refractivity contribution in [2.75, 3.05) is 22.9 Å². The molecule has 0 saturated carbocycles. The van der Waals surface area contributed by atoms with E-state index in [1.54, 1.807) is 0 Å². The molecule has 0 N–H and O–H groups in total. The van der Waals surface area contributed by atoms with E-state index in [1.165, 1.54) is 148 Å².